The van der Waals surface area contributed by atoms with Crippen molar-refractivity contribution in [1.29, 1.82) is 0 Å². The third-order valence-corrected chi connectivity index (χ3v) is 5.77. The Bertz CT molecular complexity index is 1020. The maximum absolute atomic E-state index is 13.2. The smallest absolute Gasteiger partial charge is 0.242 e. The van der Waals surface area contributed by atoms with Crippen molar-refractivity contribution in [3.63, 3.8) is 0 Å². The van der Waals surface area contributed by atoms with Gasteiger partial charge in [-0.05, 0) is 61.1 Å². The number of nitrogen functional groups attached to an aromatic ring is 1. The van der Waals surface area contributed by atoms with E-state index in [4.69, 9.17) is 5.73 Å². The number of hydrogen-bond donors (Lipinski definition) is 4. The van der Waals surface area contributed by atoms with Gasteiger partial charge in [0.25, 0.3) is 0 Å². The topological polar surface area (TPSA) is 109 Å². The van der Waals surface area contributed by atoms with Gasteiger partial charge in [0.2, 0.25) is 11.8 Å². The minimum Gasteiger partial charge on any atom is -0.384 e. The van der Waals surface area contributed by atoms with Crippen molar-refractivity contribution in [2.45, 2.75) is 44.3 Å². The molecule has 0 spiro atoms. The Morgan fingerprint density at radius 1 is 1.19 bits per heavy atom. The van der Waals surface area contributed by atoms with E-state index in [2.05, 4.69) is 20.9 Å². The standard InChI is InChI=1S/C23H26FN5O2/c1-13(22(30)29-19-8-7-18-17(19)6-9-21(25)28-18)27-23(31)20-12-15(10-11-26-20)14-2-4-16(24)5-3-14/h2-6,9,12-13,19-20,26H,7-8,10-11H2,1H3,(H2,25,28)(H,27,31)(H,29,30)/t13-,19+,20+/m0/s1. The number of nitrogens with two attached hydrogens (primary N) is 1. The summed E-state index contributed by atoms with van der Waals surface area (Å²) < 4.78 is 13.2. The first-order valence-electron chi connectivity index (χ1n) is 10.5. The highest BCUT2D eigenvalue weighted by Gasteiger charge is 2.28. The molecule has 31 heavy (non-hydrogen) atoms. The number of amides is 2. The maximum Gasteiger partial charge on any atom is 0.242 e. The number of hydrogen-bond acceptors (Lipinski definition) is 5. The fourth-order valence-corrected chi connectivity index (χ4v) is 4.08. The lowest BCUT2D eigenvalue weighted by Gasteiger charge is -2.24. The van der Waals surface area contributed by atoms with E-state index >= 15 is 0 Å². The zero-order valence-electron chi connectivity index (χ0n) is 17.3. The van der Waals surface area contributed by atoms with Crippen LogP contribution >= 0.6 is 0 Å². The quantitative estimate of drug-likeness (QED) is 0.587. The van der Waals surface area contributed by atoms with Crippen LogP contribution in [-0.4, -0.2) is 35.4 Å². The van der Waals surface area contributed by atoms with Gasteiger partial charge in [0.1, 0.15) is 23.7 Å². The van der Waals surface area contributed by atoms with Crippen LogP contribution in [0.25, 0.3) is 5.57 Å². The Labute approximate surface area is 180 Å². The molecule has 1 aromatic heterocycles. The summed E-state index contributed by atoms with van der Waals surface area (Å²) in [6.07, 6.45) is 4.09. The Hall–Kier alpha value is -3.26. The van der Waals surface area contributed by atoms with Gasteiger partial charge >= 0.3 is 0 Å². The SMILES string of the molecule is C[C@H](NC(=O)[C@H]1C=C(c2ccc(F)cc2)CCN1)C(=O)N[C@@H]1CCc2nc(N)ccc21. The number of nitrogens with one attached hydrogen (secondary N) is 3. The Balaban J connectivity index is 1.36. The zero-order valence-corrected chi connectivity index (χ0v) is 17.3. The fourth-order valence-electron chi connectivity index (χ4n) is 4.08. The molecule has 3 atom stereocenters. The van der Waals surface area contributed by atoms with Gasteiger partial charge in [-0.2, -0.15) is 0 Å². The number of anilines is 1. The predicted octanol–water partition coefficient (Wildman–Crippen LogP) is 1.86. The van der Waals surface area contributed by atoms with Crippen molar-refractivity contribution in [3.05, 3.63) is 65.1 Å². The van der Waals surface area contributed by atoms with E-state index in [1.807, 2.05) is 12.1 Å². The Kier molecular flexibility index (Phi) is 5.99. The summed E-state index contributed by atoms with van der Waals surface area (Å²) in [5.41, 5.74) is 9.48. The van der Waals surface area contributed by atoms with Gasteiger partial charge < -0.3 is 21.7 Å². The van der Waals surface area contributed by atoms with Crippen molar-refractivity contribution in [2.24, 2.45) is 0 Å². The van der Waals surface area contributed by atoms with Crippen LogP contribution in [0, 0.1) is 5.82 Å². The minimum absolute atomic E-state index is 0.132. The van der Waals surface area contributed by atoms with Gasteiger partial charge in [-0.15, -0.1) is 0 Å². The molecular weight excluding hydrogens is 397 g/mol. The van der Waals surface area contributed by atoms with Crippen LogP contribution in [0.1, 0.15) is 42.6 Å². The van der Waals surface area contributed by atoms with Gasteiger partial charge in [0.15, 0.2) is 0 Å². The number of nitrogens with zero attached hydrogens (tertiary/aromatic N) is 1. The van der Waals surface area contributed by atoms with Gasteiger partial charge in [-0.1, -0.05) is 24.3 Å². The first-order valence-corrected chi connectivity index (χ1v) is 10.5. The fraction of sp³-hybridized carbons (Fsp3) is 0.348. The van der Waals surface area contributed by atoms with E-state index in [1.54, 1.807) is 25.1 Å². The second-order valence-electron chi connectivity index (χ2n) is 7.98. The van der Waals surface area contributed by atoms with E-state index in [-0.39, 0.29) is 23.7 Å². The molecule has 0 unspecified atom stereocenters. The van der Waals surface area contributed by atoms with Gasteiger partial charge in [0, 0.05) is 12.2 Å². The predicted molar refractivity (Wildman–Crippen MR) is 116 cm³/mol. The lowest BCUT2D eigenvalue weighted by atomic mass is 9.96. The number of aryl methyl sites for hydroxylation is 1. The molecule has 2 aromatic rings. The van der Waals surface area contributed by atoms with E-state index in [0.717, 1.165) is 41.7 Å². The molecule has 0 fully saturated rings. The molecule has 2 aliphatic rings. The molecule has 5 N–H and O–H groups in total. The molecule has 1 aromatic carbocycles. The summed E-state index contributed by atoms with van der Waals surface area (Å²) in [7, 11) is 0. The third-order valence-electron chi connectivity index (χ3n) is 5.77. The third kappa shape index (κ3) is 4.74. The summed E-state index contributed by atoms with van der Waals surface area (Å²) in [4.78, 5) is 29.7. The molecule has 0 radical (unpaired) electrons. The number of carbonyl (C=O) groups is 2. The zero-order chi connectivity index (χ0) is 22.0. The monoisotopic (exact) mass is 423 g/mol. The first kappa shape index (κ1) is 21.0. The average Bonchev–Trinajstić information content (AvgIpc) is 3.15. The number of fused-ring (bicyclic) bond motifs is 1. The average molecular weight is 423 g/mol. The Morgan fingerprint density at radius 2 is 1.97 bits per heavy atom. The van der Waals surface area contributed by atoms with Crippen molar-refractivity contribution in [3.8, 4) is 0 Å². The van der Waals surface area contributed by atoms with E-state index in [1.165, 1.54) is 12.1 Å². The molecule has 0 saturated carbocycles. The molecule has 0 bridgehead atoms. The molecule has 162 valence electrons. The number of pyridine rings is 1. The van der Waals surface area contributed by atoms with Crippen LogP contribution in [0.4, 0.5) is 10.2 Å². The van der Waals surface area contributed by atoms with Gasteiger partial charge in [-0.3, -0.25) is 9.59 Å². The normalized spacial score (nSPS) is 21.0. The van der Waals surface area contributed by atoms with Gasteiger partial charge in [0.05, 0.1) is 6.04 Å². The number of benzene rings is 1. The Morgan fingerprint density at radius 3 is 2.74 bits per heavy atom. The van der Waals surface area contributed by atoms with Crippen molar-refractivity contribution in [1.82, 2.24) is 20.9 Å². The molecule has 2 heterocycles. The second-order valence-corrected chi connectivity index (χ2v) is 7.98. The van der Waals surface area contributed by atoms with Gasteiger partial charge in [-0.25, -0.2) is 9.37 Å². The number of carbonyl (C=O) groups excluding carboxylic acids is 2. The molecule has 2 amide bonds. The highest BCUT2D eigenvalue weighted by molar-refractivity contribution is 5.92. The summed E-state index contributed by atoms with van der Waals surface area (Å²) in [6.45, 7) is 2.29. The van der Waals surface area contributed by atoms with Crippen LogP contribution in [-0.2, 0) is 16.0 Å². The highest BCUT2D eigenvalue weighted by Crippen LogP contribution is 2.30. The number of rotatable bonds is 5. The highest BCUT2D eigenvalue weighted by atomic mass is 19.1. The van der Waals surface area contributed by atoms with E-state index < -0.39 is 12.1 Å². The largest absolute Gasteiger partial charge is 0.384 e. The van der Waals surface area contributed by atoms with Crippen molar-refractivity contribution in [2.75, 3.05) is 12.3 Å². The summed E-state index contributed by atoms with van der Waals surface area (Å²) in [6, 6.07) is 8.48. The summed E-state index contributed by atoms with van der Waals surface area (Å²) in [5, 5.41) is 8.93. The van der Waals surface area contributed by atoms with Crippen molar-refractivity contribution >= 4 is 23.2 Å². The van der Waals surface area contributed by atoms with Crippen LogP contribution < -0.4 is 21.7 Å². The molecule has 0 saturated heterocycles. The number of halogens is 1. The first-order chi connectivity index (χ1) is 14.9. The number of aromatic nitrogens is 1. The van der Waals surface area contributed by atoms with Crippen molar-refractivity contribution < 1.29 is 14.0 Å². The van der Waals surface area contributed by atoms with E-state index in [9.17, 15) is 14.0 Å². The van der Waals surface area contributed by atoms with Crippen LogP contribution in [0.5, 0.6) is 0 Å². The summed E-state index contributed by atoms with van der Waals surface area (Å²) in [5.74, 6) is -0.347. The lowest BCUT2D eigenvalue weighted by molar-refractivity contribution is -0.129. The van der Waals surface area contributed by atoms with Crippen LogP contribution in [0.2, 0.25) is 0 Å². The molecule has 1 aliphatic heterocycles. The van der Waals surface area contributed by atoms with Crippen LogP contribution in [0.15, 0.2) is 42.5 Å². The summed E-state index contributed by atoms with van der Waals surface area (Å²) >= 11 is 0. The molecule has 8 heteroatoms. The maximum atomic E-state index is 13.2. The molecule has 7 nitrogen and oxygen atoms in total. The molecule has 4 rings (SSSR count). The second kappa shape index (κ2) is 8.85. The molecular formula is C23H26FN5O2. The van der Waals surface area contributed by atoms with Crippen LogP contribution in [0.3, 0.4) is 0 Å². The molecule has 1 aliphatic carbocycles. The lowest BCUT2D eigenvalue weighted by Crippen LogP contribution is -2.52. The van der Waals surface area contributed by atoms with E-state index in [0.29, 0.717) is 12.4 Å². The minimum atomic E-state index is -0.690.